The maximum atomic E-state index is 10.9. The Morgan fingerprint density at radius 1 is 1.64 bits per heavy atom. The number of nitrogens with one attached hydrogen (secondary N) is 2. The third-order valence-electron chi connectivity index (χ3n) is 1.36. The number of nitrogens with zero attached hydrogens (tertiary/aromatic N) is 3. The summed E-state index contributed by atoms with van der Waals surface area (Å²) in [5.41, 5.74) is 0. The number of thiol groups is 1. The van der Waals surface area contributed by atoms with E-state index < -0.39 is 0 Å². The summed E-state index contributed by atoms with van der Waals surface area (Å²) >= 11 is 5.10. The summed E-state index contributed by atoms with van der Waals surface area (Å²) in [6.45, 7) is 0. The number of aliphatic imine (C=N–C) groups is 1. The number of hydrogen-bond acceptors (Lipinski definition) is 6. The molecule has 72 valence electrons. The Kier molecular flexibility index (Phi) is 2.46. The Bertz CT molecular complexity index is 497. The van der Waals surface area contributed by atoms with Crippen LogP contribution in [-0.4, -0.2) is 26.4 Å². The minimum absolute atomic E-state index is 0.158. The van der Waals surface area contributed by atoms with E-state index in [1.807, 2.05) is 0 Å². The van der Waals surface area contributed by atoms with Crippen molar-refractivity contribution in [3.63, 3.8) is 0 Å². The van der Waals surface area contributed by atoms with Crippen molar-refractivity contribution in [1.29, 1.82) is 0 Å². The van der Waals surface area contributed by atoms with Crippen LogP contribution in [0.5, 0.6) is 0 Å². The van der Waals surface area contributed by atoms with Crippen LogP contribution in [0.1, 0.15) is 4.88 Å². The molecule has 0 fully saturated rings. The molecule has 0 unspecified atom stereocenters. The van der Waals surface area contributed by atoms with Crippen molar-refractivity contribution in [1.82, 2.24) is 20.2 Å². The summed E-state index contributed by atoms with van der Waals surface area (Å²) in [7, 11) is 0. The summed E-state index contributed by atoms with van der Waals surface area (Å²) in [6, 6.07) is 0. The average molecular weight is 227 g/mol. The van der Waals surface area contributed by atoms with Crippen LogP contribution in [0.25, 0.3) is 0 Å². The highest BCUT2D eigenvalue weighted by atomic mass is 32.1. The van der Waals surface area contributed by atoms with Crippen LogP contribution in [0.4, 0.5) is 5.95 Å². The van der Waals surface area contributed by atoms with Crippen molar-refractivity contribution >= 4 is 36.1 Å². The fraction of sp³-hybridized carbons (Fsp3) is 0. The topological polar surface area (TPSA) is 86.8 Å². The summed E-state index contributed by atoms with van der Waals surface area (Å²) in [5, 5.41) is 6.70. The molecule has 2 heterocycles. The van der Waals surface area contributed by atoms with E-state index in [1.165, 1.54) is 12.5 Å². The normalized spacial score (nSPS) is 11.2. The zero-order valence-electron chi connectivity index (χ0n) is 6.76. The van der Waals surface area contributed by atoms with Gasteiger partial charge in [-0.1, -0.05) is 11.3 Å². The lowest BCUT2D eigenvalue weighted by atomic mass is 10.6. The van der Waals surface area contributed by atoms with Gasteiger partial charge >= 0.3 is 4.87 Å². The first-order chi connectivity index (χ1) is 6.75. The van der Waals surface area contributed by atoms with Gasteiger partial charge in [0.05, 0.1) is 16.1 Å². The van der Waals surface area contributed by atoms with Gasteiger partial charge in [0.25, 0.3) is 0 Å². The van der Waals surface area contributed by atoms with Crippen molar-refractivity contribution in [2.24, 2.45) is 4.99 Å². The van der Waals surface area contributed by atoms with Gasteiger partial charge < -0.3 is 4.98 Å². The van der Waals surface area contributed by atoms with Gasteiger partial charge in [-0.15, -0.1) is 12.6 Å². The van der Waals surface area contributed by atoms with Crippen molar-refractivity contribution in [2.45, 2.75) is 5.03 Å². The molecule has 0 bridgehead atoms. The smallest absolute Gasteiger partial charge is 0.305 e. The van der Waals surface area contributed by atoms with Crippen LogP contribution in [0.3, 0.4) is 0 Å². The second kappa shape index (κ2) is 3.76. The van der Waals surface area contributed by atoms with Gasteiger partial charge in [0.1, 0.15) is 6.33 Å². The van der Waals surface area contributed by atoms with Crippen molar-refractivity contribution in [3.8, 4) is 0 Å². The Morgan fingerprint density at radius 3 is 3.07 bits per heavy atom. The monoisotopic (exact) mass is 227 g/mol. The largest absolute Gasteiger partial charge is 0.307 e. The van der Waals surface area contributed by atoms with Gasteiger partial charge in [0.2, 0.25) is 5.95 Å². The summed E-state index contributed by atoms with van der Waals surface area (Å²) < 4.78 is 0. The van der Waals surface area contributed by atoms with Crippen LogP contribution in [0, 0.1) is 0 Å². The molecule has 0 radical (unpaired) electrons. The van der Waals surface area contributed by atoms with E-state index in [2.05, 4.69) is 37.8 Å². The van der Waals surface area contributed by atoms with Crippen LogP contribution in [0.15, 0.2) is 21.1 Å². The van der Waals surface area contributed by atoms with Gasteiger partial charge in [-0.2, -0.15) is 10.1 Å². The highest BCUT2D eigenvalue weighted by Crippen LogP contribution is 2.11. The lowest BCUT2D eigenvalue weighted by Crippen LogP contribution is -1.89. The fourth-order valence-electron chi connectivity index (χ4n) is 0.800. The lowest BCUT2D eigenvalue weighted by Gasteiger charge is -1.84. The van der Waals surface area contributed by atoms with Crippen LogP contribution in [-0.2, 0) is 0 Å². The molecule has 0 aliphatic carbocycles. The van der Waals surface area contributed by atoms with E-state index in [4.69, 9.17) is 0 Å². The molecule has 0 aliphatic rings. The van der Waals surface area contributed by atoms with Crippen molar-refractivity contribution in [3.05, 3.63) is 20.9 Å². The molecule has 0 aliphatic heterocycles. The molecule has 2 aromatic heterocycles. The van der Waals surface area contributed by atoms with Gasteiger partial charge in [-0.25, -0.2) is 10.1 Å². The molecule has 0 saturated heterocycles. The lowest BCUT2D eigenvalue weighted by molar-refractivity contribution is 1.08. The van der Waals surface area contributed by atoms with E-state index in [0.29, 0.717) is 15.9 Å². The molecule has 2 rings (SSSR count). The Labute approximate surface area is 87.5 Å². The minimum atomic E-state index is -0.158. The zero-order valence-corrected chi connectivity index (χ0v) is 8.47. The third-order valence-corrected chi connectivity index (χ3v) is 2.68. The number of thiazole rings is 1. The molecular formula is C6H5N5OS2. The standard InChI is InChI=1S/C6H5N5OS2/c12-6-10-4(13)3(14-6)1-7-5-8-2-9-11-5/h1-2,13H,(H,10,12)(H,8,9,11)/b7-1+. The van der Waals surface area contributed by atoms with E-state index in [1.54, 1.807) is 0 Å². The highest BCUT2D eigenvalue weighted by Gasteiger charge is 2.01. The van der Waals surface area contributed by atoms with E-state index in [-0.39, 0.29) is 4.87 Å². The Morgan fingerprint density at radius 2 is 2.50 bits per heavy atom. The molecule has 0 atom stereocenters. The summed E-state index contributed by atoms with van der Waals surface area (Å²) in [6.07, 6.45) is 2.86. The molecular weight excluding hydrogens is 222 g/mol. The van der Waals surface area contributed by atoms with Gasteiger partial charge in [0, 0.05) is 0 Å². The maximum absolute atomic E-state index is 10.9. The van der Waals surface area contributed by atoms with Crippen LogP contribution < -0.4 is 4.87 Å². The molecule has 2 N–H and O–H groups in total. The van der Waals surface area contributed by atoms with Crippen molar-refractivity contribution in [2.75, 3.05) is 0 Å². The summed E-state index contributed by atoms with van der Waals surface area (Å²) in [4.78, 5) is 21.7. The predicted molar refractivity (Wildman–Crippen MR) is 55.8 cm³/mol. The molecule has 0 spiro atoms. The second-order valence-electron chi connectivity index (χ2n) is 2.29. The third kappa shape index (κ3) is 1.91. The van der Waals surface area contributed by atoms with E-state index in [0.717, 1.165) is 11.3 Å². The van der Waals surface area contributed by atoms with E-state index in [9.17, 15) is 4.79 Å². The quantitative estimate of drug-likeness (QED) is 0.518. The molecule has 0 saturated carbocycles. The average Bonchev–Trinajstić information content (AvgIpc) is 2.72. The molecule has 0 aromatic carbocycles. The molecule has 2 aromatic rings. The van der Waals surface area contributed by atoms with Crippen molar-refractivity contribution < 1.29 is 0 Å². The highest BCUT2D eigenvalue weighted by molar-refractivity contribution is 7.80. The molecule has 8 heteroatoms. The Hall–Kier alpha value is -1.41. The number of aromatic nitrogens is 4. The molecule has 6 nitrogen and oxygen atoms in total. The van der Waals surface area contributed by atoms with Gasteiger partial charge in [-0.3, -0.25) is 4.79 Å². The summed E-state index contributed by atoms with van der Waals surface area (Å²) in [5.74, 6) is 0.388. The first kappa shape index (κ1) is 9.16. The predicted octanol–water partition coefficient (Wildman–Crippen LogP) is 0.594. The first-order valence-electron chi connectivity index (χ1n) is 3.57. The first-order valence-corrected chi connectivity index (χ1v) is 4.83. The van der Waals surface area contributed by atoms with E-state index >= 15 is 0 Å². The second-order valence-corrected chi connectivity index (χ2v) is 3.76. The SMILES string of the molecule is O=c1[nH]c(S)c(/C=N/c2ncn[nH]2)s1. The number of hydrogen-bond donors (Lipinski definition) is 3. The zero-order chi connectivity index (χ0) is 9.97. The maximum Gasteiger partial charge on any atom is 0.305 e. The van der Waals surface area contributed by atoms with Gasteiger partial charge in [-0.05, 0) is 0 Å². The number of aromatic amines is 2. The number of rotatable bonds is 2. The van der Waals surface area contributed by atoms with Crippen LogP contribution >= 0.6 is 24.0 Å². The molecule has 0 amide bonds. The van der Waals surface area contributed by atoms with Gasteiger partial charge in [0.15, 0.2) is 0 Å². The molecule has 14 heavy (non-hydrogen) atoms. The minimum Gasteiger partial charge on any atom is -0.307 e. The number of H-pyrrole nitrogens is 2. The van der Waals surface area contributed by atoms with Crippen LogP contribution in [0.2, 0.25) is 0 Å². The Balaban J connectivity index is 2.26. The fourth-order valence-corrected chi connectivity index (χ4v) is 1.78.